The lowest BCUT2D eigenvalue weighted by atomic mass is 10.1. The van der Waals surface area contributed by atoms with Gasteiger partial charge in [0.1, 0.15) is 10.7 Å². The Morgan fingerprint density at radius 2 is 1.60 bits per heavy atom. The number of nitrogens with zero attached hydrogens (tertiary/aromatic N) is 2. The highest BCUT2D eigenvalue weighted by molar-refractivity contribution is 7.99. The van der Waals surface area contributed by atoms with Gasteiger partial charge in [-0.1, -0.05) is 11.8 Å². The lowest BCUT2D eigenvalue weighted by molar-refractivity contribution is -0.137. The van der Waals surface area contributed by atoms with Crippen LogP contribution >= 0.6 is 11.8 Å². The molecule has 1 aromatic heterocycles. The summed E-state index contributed by atoms with van der Waals surface area (Å²) in [6, 6.07) is 8.45. The van der Waals surface area contributed by atoms with Crippen molar-refractivity contribution < 1.29 is 22.7 Å². The van der Waals surface area contributed by atoms with E-state index in [4.69, 9.17) is 0 Å². The molecule has 0 atom stereocenters. The number of hydrogen-bond donors (Lipinski definition) is 1. The molecule has 0 aliphatic rings. The van der Waals surface area contributed by atoms with Gasteiger partial charge in [0.25, 0.3) is 0 Å². The molecule has 0 aliphatic carbocycles. The predicted octanol–water partition coefficient (Wildman–Crippen LogP) is 5.16. The molecule has 128 valence electrons. The number of rotatable bonds is 3. The summed E-state index contributed by atoms with van der Waals surface area (Å²) >= 11 is 1.11. The van der Waals surface area contributed by atoms with Gasteiger partial charge in [0.2, 0.25) is 0 Å². The topological polar surface area (TPSA) is 46.0 Å². The van der Waals surface area contributed by atoms with Crippen molar-refractivity contribution in [3.05, 3.63) is 66.2 Å². The molecule has 0 radical (unpaired) electrons. The molecule has 1 heterocycles. The molecule has 3 nitrogen and oxygen atoms in total. The number of phenols is 1. The fourth-order valence-electron chi connectivity index (χ4n) is 2.08. The molecule has 3 aromatic rings. The molecule has 0 spiro atoms. The molecule has 2 aromatic carbocycles. The lowest BCUT2D eigenvalue weighted by Crippen LogP contribution is -2.03. The molecule has 0 unspecified atom stereocenters. The van der Waals surface area contributed by atoms with Crippen LogP contribution in [0.2, 0.25) is 0 Å². The van der Waals surface area contributed by atoms with E-state index in [-0.39, 0.29) is 0 Å². The second-order valence-corrected chi connectivity index (χ2v) is 6.06. The first-order chi connectivity index (χ1) is 11.8. The zero-order valence-corrected chi connectivity index (χ0v) is 13.3. The largest absolute Gasteiger partial charge is 0.505 e. The number of benzene rings is 2. The number of aromatic hydroxyl groups is 1. The highest BCUT2D eigenvalue weighted by atomic mass is 32.2. The first-order valence-corrected chi connectivity index (χ1v) is 7.81. The zero-order chi connectivity index (χ0) is 18.0. The van der Waals surface area contributed by atoms with Gasteiger partial charge < -0.3 is 5.11 Å². The van der Waals surface area contributed by atoms with Gasteiger partial charge >= 0.3 is 6.18 Å². The fourth-order valence-corrected chi connectivity index (χ4v) is 2.95. The molecule has 0 amide bonds. The third kappa shape index (κ3) is 3.90. The van der Waals surface area contributed by atoms with E-state index in [9.17, 15) is 22.7 Å². The summed E-state index contributed by atoms with van der Waals surface area (Å²) in [7, 11) is 0. The van der Waals surface area contributed by atoms with Gasteiger partial charge in [-0.25, -0.2) is 9.37 Å². The van der Waals surface area contributed by atoms with E-state index in [1.165, 1.54) is 36.7 Å². The molecular weight excluding hydrogens is 356 g/mol. The fraction of sp³-hybridized carbons (Fsp3) is 0.0588. The summed E-state index contributed by atoms with van der Waals surface area (Å²) in [6.45, 7) is 0. The van der Waals surface area contributed by atoms with Crippen LogP contribution < -0.4 is 0 Å². The van der Waals surface area contributed by atoms with E-state index in [0.29, 0.717) is 21.2 Å². The number of phenolic OH excluding ortho intramolecular Hbond substituents is 1. The standard InChI is InChI=1S/C17H10F4N2OS/c18-13-9-10(1-6-14(13)24)15-16(23-8-7-22-15)25-12-4-2-11(3-5-12)17(19,20)21/h1-9,24H. The Bertz CT molecular complexity index is 898. The number of halogens is 4. The Balaban J connectivity index is 1.92. The molecule has 0 aliphatic heterocycles. The second kappa shape index (κ2) is 6.72. The van der Waals surface area contributed by atoms with Crippen LogP contribution in [0, 0.1) is 5.82 Å². The van der Waals surface area contributed by atoms with Gasteiger partial charge in [-0.05, 0) is 42.5 Å². The van der Waals surface area contributed by atoms with Crippen molar-refractivity contribution in [2.45, 2.75) is 16.1 Å². The maximum atomic E-state index is 13.6. The maximum absolute atomic E-state index is 13.6. The van der Waals surface area contributed by atoms with Gasteiger partial charge in [0.15, 0.2) is 11.6 Å². The third-order valence-corrected chi connectivity index (χ3v) is 4.28. The Morgan fingerprint density at radius 3 is 2.24 bits per heavy atom. The third-order valence-electron chi connectivity index (χ3n) is 3.28. The summed E-state index contributed by atoms with van der Waals surface area (Å²) < 4.78 is 51.4. The summed E-state index contributed by atoms with van der Waals surface area (Å²) in [5.74, 6) is -1.28. The molecule has 0 saturated carbocycles. The van der Waals surface area contributed by atoms with Crippen LogP contribution in [0.5, 0.6) is 5.75 Å². The van der Waals surface area contributed by atoms with E-state index >= 15 is 0 Å². The van der Waals surface area contributed by atoms with Gasteiger partial charge in [0.05, 0.1) is 5.56 Å². The molecule has 3 rings (SSSR count). The molecule has 1 N–H and O–H groups in total. The molecule has 8 heteroatoms. The first-order valence-electron chi connectivity index (χ1n) is 6.99. The van der Waals surface area contributed by atoms with Crippen LogP contribution in [0.25, 0.3) is 11.3 Å². The number of hydrogen-bond acceptors (Lipinski definition) is 4. The van der Waals surface area contributed by atoms with E-state index in [2.05, 4.69) is 9.97 Å². The van der Waals surface area contributed by atoms with Crippen molar-refractivity contribution in [3.63, 3.8) is 0 Å². The van der Waals surface area contributed by atoms with Gasteiger partial charge in [-0.3, -0.25) is 4.98 Å². The van der Waals surface area contributed by atoms with Gasteiger partial charge in [0, 0.05) is 22.9 Å². The number of aromatic nitrogens is 2. The summed E-state index contributed by atoms with van der Waals surface area (Å²) in [5.41, 5.74) is 0.0286. The van der Waals surface area contributed by atoms with Crippen LogP contribution in [0.3, 0.4) is 0 Å². The number of alkyl halides is 3. The minimum Gasteiger partial charge on any atom is -0.505 e. The molecular formula is C17H10F4N2OS. The molecule has 0 saturated heterocycles. The monoisotopic (exact) mass is 366 g/mol. The van der Waals surface area contributed by atoms with Crippen LogP contribution in [0.15, 0.2) is 64.8 Å². The van der Waals surface area contributed by atoms with Crippen molar-refractivity contribution in [1.82, 2.24) is 9.97 Å². The summed E-state index contributed by atoms with van der Waals surface area (Å²) in [5, 5.41) is 9.69. The predicted molar refractivity (Wildman–Crippen MR) is 84.7 cm³/mol. The summed E-state index contributed by atoms with van der Waals surface area (Å²) in [6.07, 6.45) is -1.53. The zero-order valence-electron chi connectivity index (χ0n) is 12.5. The highest BCUT2D eigenvalue weighted by Gasteiger charge is 2.30. The Hall–Kier alpha value is -2.61. The SMILES string of the molecule is Oc1ccc(-c2nccnc2Sc2ccc(C(F)(F)F)cc2)cc1F. The lowest BCUT2D eigenvalue weighted by Gasteiger charge is -2.09. The quantitative estimate of drug-likeness (QED) is 0.651. The Morgan fingerprint density at radius 1 is 0.920 bits per heavy atom. The van der Waals surface area contributed by atoms with E-state index in [0.717, 1.165) is 30.0 Å². The smallest absolute Gasteiger partial charge is 0.416 e. The Kier molecular flexibility index (Phi) is 4.63. The Labute approximate surface area is 144 Å². The summed E-state index contributed by atoms with van der Waals surface area (Å²) in [4.78, 5) is 8.86. The molecule has 25 heavy (non-hydrogen) atoms. The van der Waals surface area contributed by atoms with Crippen molar-refractivity contribution in [2.75, 3.05) is 0 Å². The molecule has 0 bridgehead atoms. The maximum Gasteiger partial charge on any atom is 0.416 e. The van der Waals surface area contributed by atoms with Gasteiger partial charge in [-0.15, -0.1) is 0 Å². The van der Waals surface area contributed by atoms with Crippen molar-refractivity contribution in [1.29, 1.82) is 0 Å². The van der Waals surface area contributed by atoms with E-state index < -0.39 is 23.3 Å². The van der Waals surface area contributed by atoms with Crippen LogP contribution in [-0.2, 0) is 6.18 Å². The first kappa shape index (κ1) is 17.2. The average Bonchev–Trinajstić information content (AvgIpc) is 2.58. The van der Waals surface area contributed by atoms with Crippen molar-refractivity contribution in [3.8, 4) is 17.0 Å². The van der Waals surface area contributed by atoms with Gasteiger partial charge in [-0.2, -0.15) is 13.2 Å². The van der Waals surface area contributed by atoms with Crippen molar-refractivity contribution in [2.24, 2.45) is 0 Å². The van der Waals surface area contributed by atoms with Crippen LogP contribution in [0.1, 0.15) is 5.56 Å². The molecule has 0 fully saturated rings. The highest BCUT2D eigenvalue weighted by Crippen LogP contribution is 2.36. The minimum absolute atomic E-state index is 0.367. The van der Waals surface area contributed by atoms with Crippen LogP contribution in [0.4, 0.5) is 17.6 Å². The minimum atomic E-state index is -4.40. The van der Waals surface area contributed by atoms with Crippen molar-refractivity contribution >= 4 is 11.8 Å². The average molecular weight is 366 g/mol. The van der Waals surface area contributed by atoms with E-state index in [1.807, 2.05) is 0 Å². The van der Waals surface area contributed by atoms with Crippen LogP contribution in [-0.4, -0.2) is 15.1 Å². The second-order valence-electron chi connectivity index (χ2n) is 5.00. The van der Waals surface area contributed by atoms with E-state index in [1.54, 1.807) is 0 Å². The normalized spacial score (nSPS) is 11.5.